The van der Waals surface area contributed by atoms with Crippen LogP contribution in [0, 0.1) is 0 Å². The van der Waals surface area contributed by atoms with Crippen molar-refractivity contribution in [2.75, 3.05) is 20.2 Å². The normalized spacial score (nSPS) is 11.7. The molecule has 0 spiro atoms. The van der Waals surface area contributed by atoms with Gasteiger partial charge in [-0.1, -0.05) is 0 Å². The van der Waals surface area contributed by atoms with Gasteiger partial charge >= 0.3 is 5.97 Å². The standard InChI is InChI=1S/C13H18N2O5S/c1-20-10(6-12(17)18)7-15-11(16)2-4-14-13(19)9-3-5-21-8-9/h3,5,8,10H,2,4,6-7H2,1H3,(H,14,19)(H,15,16)(H,17,18). The lowest BCUT2D eigenvalue weighted by Crippen LogP contribution is -2.36. The number of hydrogen-bond acceptors (Lipinski definition) is 5. The van der Waals surface area contributed by atoms with Crippen LogP contribution in [0.25, 0.3) is 0 Å². The number of carbonyl (C=O) groups is 3. The Kier molecular flexibility index (Phi) is 7.41. The van der Waals surface area contributed by atoms with E-state index in [1.807, 2.05) is 0 Å². The zero-order chi connectivity index (χ0) is 15.7. The van der Waals surface area contributed by atoms with E-state index in [1.54, 1.807) is 16.8 Å². The Morgan fingerprint density at radius 3 is 2.71 bits per heavy atom. The molecule has 3 N–H and O–H groups in total. The third kappa shape index (κ3) is 6.87. The van der Waals surface area contributed by atoms with E-state index in [4.69, 9.17) is 9.84 Å². The van der Waals surface area contributed by atoms with Gasteiger partial charge in [0.1, 0.15) is 0 Å². The zero-order valence-corrected chi connectivity index (χ0v) is 12.4. The van der Waals surface area contributed by atoms with E-state index in [0.717, 1.165) is 0 Å². The summed E-state index contributed by atoms with van der Waals surface area (Å²) in [7, 11) is 1.39. The number of hydrogen-bond donors (Lipinski definition) is 3. The lowest BCUT2D eigenvalue weighted by atomic mass is 10.2. The van der Waals surface area contributed by atoms with Crippen LogP contribution >= 0.6 is 11.3 Å². The van der Waals surface area contributed by atoms with Crippen LogP contribution in [0.3, 0.4) is 0 Å². The fourth-order valence-corrected chi connectivity index (χ4v) is 2.17. The Morgan fingerprint density at radius 1 is 1.38 bits per heavy atom. The Hall–Kier alpha value is -1.93. The molecule has 0 aliphatic carbocycles. The molecule has 0 fully saturated rings. The number of thiophene rings is 1. The van der Waals surface area contributed by atoms with Gasteiger partial charge < -0.3 is 20.5 Å². The second-order valence-electron chi connectivity index (χ2n) is 4.28. The highest BCUT2D eigenvalue weighted by molar-refractivity contribution is 7.08. The summed E-state index contributed by atoms with van der Waals surface area (Å²) in [6.07, 6.45) is -0.614. The summed E-state index contributed by atoms with van der Waals surface area (Å²) in [5.41, 5.74) is 0.571. The van der Waals surface area contributed by atoms with Crippen molar-refractivity contribution in [1.82, 2.24) is 10.6 Å². The largest absolute Gasteiger partial charge is 0.481 e. The van der Waals surface area contributed by atoms with Crippen molar-refractivity contribution in [3.8, 4) is 0 Å². The van der Waals surface area contributed by atoms with Crippen molar-refractivity contribution in [1.29, 1.82) is 0 Å². The quantitative estimate of drug-likeness (QED) is 0.615. The number of methoxy groups -OCH3 is 1. The van der Waals surface area contributed by atoms with E-state index in [2.05, 4.69) is 10.6 Å². The third-order valence-electron chi connectivity index (χ3n) is 2.68. The monoisotopic (exact) mass is 314 g/mol. The van der Waals surface area contributed by atoms with E-state index >= 15 is 0 Å². The van der Waals surface area contributed by atoms with Crippen LogP contribution in [-0.4, -0.2) is 49.2 Å². The molecule has 0 aliphatic rings. The minimum absolute atomic E-state index is 0.124. The van der Waals surface area contributed by atoms with Gasteiger partial charge in [0.05, 0.1) is 12.5 Å². The first-order chi connectivity index (χ1) is 10.0. The molecule has 116 valence electrons. The van der Waals surface area contributed by atoms with Gasteiger partial charge in [-0.05, 0) is 11.4 Å². The second-order valence-corrected chi connectivity index (χ2v) is 5.06. The van der Waals surface area contributed by atoms with Crippen molar-refractivity contribution in [3.05, 3.63) is 22.4 Å². The zero-order valence-electron chi connectivity index (χ0n) is 11.6. The minimum Gasteiger partial charge on any atom is -0.481 e. The molecule has 21 heavy (non-hydrogen) atoms. The third-order valence-corrected chi connectivity index (χ3v) is 3.37. The average molecular weight is 314 g/mol. The highest BCUT2D eigenvalue weighted by Crippen LogP contribution is 2.05. The van der Waals surface area contributed by atoms with E-state index < -0.39 is 12.1 Å². The first-order valence-electron chi connectivity index (χ1n) is 6.34. The van der Waals surface area contributed by atoms with E-state index in [1.165, 1.54) is 18.4 Å². The lowest BCUT2D eigenvalue weighted by Gasteiger charge is -2.14. The Morgan fingerprint density at radius 2 is 2.14 bits per heavy atom. The number of carbonyl (C=O) groups excluding carboxylic acids is 2. The SMILES string of the molecule is COC(CNC(=O)CCNC(=O)c1ccsc1)CC(=O)O. The topological polar surface area (TPSA) is 105 Å². The van der Waals surface area contributed by atoms with Gasteiger partial charge in [0, 0.05) is 37.6 Å². The Balaban J connectivity index is 2.19. The second kappa shape index (κ2) is 9.09. The van der Waals surface area contributed by atoms with Crippen molar-refractivity contribution in [2.45, 2.75) is 18.9 Å². The Bertz CT molecular complexity index is 475. The van der Waals surface area contributed by atoms with Crippen LogP contribution in [-0.2, 0) is 14.3 Å². The predicted molar refractivity (Wildman–Crippen MR) is 77.3 cm³/mol. The number of carboxylic acid groups (broad SMARTS) is 1. The van der Waals surface area contributed by atoms with Crippen molar-refractivity contribution in [2.24, 2.45) is 0 Å². The molecule has 0 aromatic carbocycles. The maximum atomic E-state index is 11.6. The first-order valence-corrected chi connectivity index (χ1v) is 7.29. The summed E-state index contributed by atoms with van der Waals surface area (Å²) in [6, 6.07) is 1.70. The molecule has 7 nitrogen and oxygen atoms in total. The van der Waals surface area contributed by atoms with Gasteiger partial charge in [0.25, 0.3) is 5.91 Å². The van der Waals surface area contributed by atoms with Gasteiger partial charge in [-0.25, -0.2) is 0 Å². The number of ether oxygens (including phenoxy) is 1. The van der Waals surface area contributed by atoms with Gasteiger partial charge in [-0.15, -0.1) is 0 Å². The van der Waals surface area contributed by atoms with E-state index in [0.29, 0.717) is 5.56 Å². The van der Waals surface area contributed by atoms with Crippen molar-refractivity contribution in [3.63, 3.8) is 0 Å². The molecule has 1 rings (SSSR count). The maximum absolute atomic E-state index is 11.6. The number of carboxylic acids is 1. The fourth-order valence-electron chi connectivity index (χ4n) is 1.53. The predicted octanol–water partition coefficient (Wildman–Crippen LogP) is 0.474. The van der Waals surface area contributed by atoms with Gasteiger partial charge in [0.15, 0.2) is 0 Å². The molecule has 0 saturated heterocycles. The van der Waals surface area contributed by atoms with Gasteiger partial charge in [-0.3, -0.25) is 14.4 Å². The number of aliphatic carboxylic acids is 1. The molecule has 1 atom stereocenters. The van der Waals surface area contributed by atoms with Gasteiger partial charge in [-0.2, -0.15) is 11.3 Å². The molecule has 1 unspecified atom stereocenters. The van der Waals surface area contributed by atoms with E-state index in [-0.39, 0.29) is 37.7 Å². The van der Waals surface area contributed by atoms with Crippen LogP contribution in [0.2, 0.25) is 0 Å². The maximum Gasteiger partial charge on any atom is 0.306 e. The average Bonchev–Trinajstić information content (AvgIpc) is 2.97. The molecule has 0 radical (unpaired) electrons. The lowest BCUT2D eigenvalue weighted by molar-refractivity contribution is -0.140. The highest BCUT2D eigenvalue weighted by atomic mass is 32.1. The fraction of sp³-hybridized carbons (Fsp3) is 0.462. The summed E-state index contributed by atoms with van der Waals surface area (Å²) in [5, 5.41) is 17.4. The van der Waals surface area contributed by atoms with Crippen molar-refractivity contribution >= 4 is 29.1 Å². The van der Waals surface area contributed by atoms with Crippen LogP contribution < -0.4 is 10.6 Å². The summed E-state index contributed by atoms with van der Waals surface area (Å²) in [4.78, 5) is 33.7. The number of amides is 2. The van der Waals surface area contributed by atoms with Crippen LogP contribution in [0.1, 0.15) is 23.2 Å². The minimum atomic E-state index is -0.987. The smallest absolute Gasteiger partial charge is 0.306 e. The molecule has 1 heterocycles. The number of rotatable bonds is 9. The number of nitrogens with one attached hydrogen (secondary N) is 2. The molecular formula is C13H18N2O5S. The highest BCUT2D eigenvalue weighted by Gasteiger charge is 2.13. The van der Waals surface area contributed by atoms with Crippen LogP contribution in [0.4, 0.5) is 0 Å². The summed E-state index contributed by atoms with van der Waals surface area (Å²) in [5.74, 6) is -1.48. The van der Waals surface area contributed by atoms with Crippen LogP contribution in [0.15, 0.2) is 16.8 Å². The molecule has 8 heteroatoms. The summed E-state index contributed by atoms with van der Waals surface area (Å²) >= 11 is 1.42. The summed E-state index contributed by atoms with van der Waals surface area (Å²) in [6.45, 7) is 0.344. The van der Waals surface area contributed by atoms with E-state index in [9.17, 15) is 14.4 Å². The first kappa shape index (κ1) is 17.1. The molecule has 1 aromatic heterocycles. The van der Waals surface area contributed by atoms with Gasteiger partial charge in [0.2, 0.25) is 5.91 Å². The molecular weight excluding hydrogens is 296 g/mol. The van der Waals surface area contributed by atoms with Crippen LogP contribution in [0.5, 0.6) is 0 Å². The summed E-state index contributed by atoms with van der Waals surface area (Å²) < 4.78 is 4.94. The molecule has 0 aliphatic heterocycles. The van der Waals surface area contributed by atoms with Crippen molar-refractivity contribution < 1.29 is 24.2 Å². The molecule has 0 saturated carbocycles. The molecule has 1 aromatic rings. The Labute approximate surface area is 126 Å². The molecule has 0 bridgehead atoms. The molecule has 2 amide bonds.